The second-order valence-corrected chi connectivity index (χ2v) is 2.03. The van der Waals surface area contributed by atoms with Crippen LogP contribution in [0.2, 0.25) is 0 Å². The highest BCUT2D eigenvalue weighted by Crippen LogP contribution is 2.28. The molecular weight excluding hydrogens is 102 g/mol. The molecule has 45 valence electrons. The van der Waals surface area contributed by atoms with Gasteiger partial charge in [-0.05, 0) is 25.7 Å². The molecule has 0 atom stereocenters. The van der Waals surface area contributed by atoms with E-state index in [2.05, 4.69) is 12.1 Å². The number of rotatable bonds is 3. The van der Waals surface area contributed by atoms with Gasteiger partial charge in [-0.25, -0.2) is 0 Å². The lowest BCUT2D eigenvalue weighted by molar-refractivity contribution is 0.135. The molecule has 1 radical (unpaired) electrons. The van der Waals surface area contributed by atoms with Gasteiger partial charge in [0.1, 0.15) is 6.61 Å². The number of nitrogens with zero attached hydrogens (tertiary/aromatic N) is 1. The Balaban J connectivity index is 1.88. The van der Waals surface area contributed by atoms with Crippen molar-refractivity contribution in [3.63, 3.8) is 0 Å². The first-order chi connectivity index (χ1) is 3.93. The molecule has 0 aromatic heterocycles. The highest BCUT2D eigenvalue weighted by atomic mass is 16.6. The van der Waals surface area contributed by atoms with Crippen LogP contribution in [0, 0.1) is 12.8 Å². The summed E-state index contributed by atoms with van der Waals surface area (Å²) in [5.74, 6) is 0.790. The standard InChI is InChI=1S/C6H10NO/c1-2-7-8-5-6-3-4-6/h2,6H,1,3-5H2. The molecule has 2 nitrogen and oxygen atoms in total. The Morgan fingerprint density at radius 2 is 2.50 bits per heavy atom. The summed E-state index contributed by atoms with van der Waals surface area (Å²) in [4.78, 5) is 4.81. The molecule has 0 spiro atoms. The molecule has 0 aromatic carbocycles. The largest absolute Gasteiger partial charge is 0.396 e. The summed E-state index contributed by atoms with van der Waals surface area (Å²) in [6, 6.07) is 0. The lowest BCUT2D eigenvalue weighted by Gasteiger charge is -1.91. The molecule has 0 heterocycles. The maximum absolute atomic E-state index is 4.81. The van der Waals surface area contributed by atoms with E-state index in [0.29, 0.717) is 0 Å². The van der Waals surface area contributed by atoms with E-state index in [1.54, 1.807) is 0 Å². The van der Waals surface area contributed by atoms with E-state index in [1.807, 2.05) is 0 Å². The van der Waals surface area contributed by atoms with Crippen molar-refractivity contribution in [2.75, 3.05) is 6.61 Å². The van der Waals surface area contributed by atoms with E-state index < -0.39 is 0 Å². The van der Waals surface area contributed by atoms with Crippen molar-refractivity contribution >= 4 is 6.21 Å². The molecule has 0 aliphatic heterocycles. The monoisotopic (exact) mass is 112 g/mol. The molecule has 0 aromatic rings. The summed E-state index contributed by atoms with van der Waals surface area (Å²) < 4.78 is 0. The van der Waals surface area contributed by atoms with Gasteiger partial charge in [-0.2, -0.15) is 0 Å². The Morgan fingerprint density at radius 1 is 1.75 bits per heavy atom. The predicted octanol–water partition coefficient (Wildman–Crippen LogP) is 1.23. The number of hydrogen-bond acceptors (Lipinski definition) is 2. The Morgan fingerprint density at radius 3 is 3.00 bits per heavy atom. The van der Waals surface area contributed by atoms with E-state index in [9.17, 15) is 0 Å². The Hall–Kier alpha value is -0.530. The van der Waals surface area contributed by atoms with E-state index >= 15 is 0 Å². The van der Waals surface area contributed by atoms with Crippen molar-refractivity contribution in [2.24, 2.45) is 11.1 Å². The van der Waals surface area contributed by atoms with Crippen LogP contribution in [0.3, 0.4) is 0 Å². The van der Waals surface area contributed by atoms with Crippen LogP contribution >= 0.6 is 0 Å². The normalized spacial score (nSPS) is 19.6. The Bertz CT molecular complexity index is 86.5. The fraction of sp³-hybridized carbons (Fsp3) is 0.667. The molecule has 1 fully saturated rings. The second-order valence-electron chi connectivity index (χ2n) is 2.03. The van der Waals surface area contributed by atoms with Gasteiger partial charge in [0.2, 0.25) is 0 Å². The van der Waals surface area contributed by atoms with Crippen molar-refractivity contribution in [1.82, 2.24) is 0 Å². The molecular formula is C6H10NO. The van der Waals surface area contributed by atoms with Gasteiger partial charge in [0, 0.05) is 6.21 Å². The van der Waals surface area contributed by atoms with Gasteiger partial charge >= 0.3 is 0 Å². The third-order valence-electron chi connectivity index (χ3n) is 1.16. The summed E-state index contributed by atoms with van der Waals surface area (Å²) in [5, 5.41) is 3.52. The van der Waals surface area contributed by atoms with Gasteiger partial charge in [-0.3, -0.25) is 0 Å². The van der Waals surface area contributed by atoms with Crippen LogP contribution in [0.15, 0.2) is 5.16 Å². The third-order valence-corrected chi connectivity index (χ3v) is 1.16. The molecule has 8 heavy (non-hydrogen) atoms. The van der Waals surface area contributed by atoms with Gasteiger partial charge in [-0.15, -0.1) is 0 Å². The lowest BCUT2D eigenvalue weighted by Crippen LogP contribution is -1.87. The van der Waals surface area contributed by atoms with Crippen molar-refractivity contribution in [3.05, 3.63) is 6.92 Å². The second kappa shape index (κ2) is 2.70. The molecule has 1 rings (SSSR count). The summed E-state index contributed by atoms with van der Waals surface area (Å²) in [6.07, 6.45) is 4.04. The molecule has 0 bridgehead atoms. The highest BCUT2D eigenvalue weighted by Gasteiger charge is 2.21. The summed E-state index contributed by atoms with van der Waals surface area (Å²) in [6.45, 7) is 4.17. The first-order valence-electron chi connectivity index (χ1n) is 2.86. The smallest absolute Gasteiger partial charge is 0.120 e. The zero-order valence-electron chi connectivity index (χ0n) is 4.84. The van der Waals surface area contributed by atoms with Gasteiger partial charge < -0.3 is 4.84 Å². The quantitative estimate of drug-likeness (QED) is 0.397. The van der Waals surface area contributed by atoms with Crippen molar-refractivity contribution in [3.8, 4) is 0 Å². The van der Waals surface area contributed by atoms with Crippen LogP contribution in [0.4, 0.5) is 0 Å². The summed E-state index contributed by atoms with van der Waals surface area (Å²) >= 11 is 0. The molecule has 2 heteroatoms. The zero-order valence-corrected chi connectivity index (χ0v) is 4.84. The minimum absolute atomic E-state index is 0.784. The maximum atomic E-state index is 4.81. The molecule has 0 unspecified atom stereocenters. The van der Waals surface area contributed by atoms with Crippen molar-refractivity contribution < 1.29 is 4.84 Å². The fourth-order valence-electron chi connectivity index (χ4n) is 0.486. The molecule has 0 amide bonds. The minimum Gasteiger partial charge on any atom is -0.396 e. The van der Waals surface area contributed by atoms with Crippen molar-refractivity contribution in [2.45, 2.75) is 12.8 Å². The van der Waals surface area contributed by atoms with Crippen LogP contribution in [0.1, 0.15) is 12.8 Å². The number of oxime groups is 1. The topological polar surface area (TPSA) is 21.6 Å². The minimum atomic E-state index is 0.784. The average molecular weight is 112 g/mol. The van der Waals surface area contributed by atoms with Crippen LogP contribution in [0.5, 0.6) is 0 Å². The first-order valence-corrected chi connectivity index (χ1v) is 2.86. The maximum Gasteiger partial charge on any atom is 0.120 e. The molecule has 0 N–H and O–H groups in total. The van der Waals surface area contributed by atoms with Crippen LogP contribution < -0.4 is 0 Å². The molecule has 1 aliphatic rings. The van der Waals surface area contributed by atoms with Gasteiger partial charge in [0.15, 0.2) is 0 Å². The van der Waals surface area contributed by atoms with E-state index in [0.717, 1.165) is 12.5 Å². The predicted molar refractivity (Wildman–Crippen MR) is 32.5 cm³/mol. The van der Waals surface area contributed by atoms with E-state index in [-0.39, 0.29) is 0 Å². The SMILES string of the molecule is [CH2]C=NOCC1CC1. The van der Waals surface area contributed by atoms with Crippen LogP contribution in [-0.2, 0) is 4.84 Å². The Labute approximate surface area is 49.5 Å². The summed E-state index contributed by atoms with van der Waals surface area (Å²) in [5.41, 5.74) is 0. The number of hydrogen-bond donors (Lipinski definition) is 0. The van der Waals surface area contributed by atoms with E-state index in [1.165, 1.54) is 19.1 Å². The Kier molecular flexibility index (Phi) is 1.89. The molecule has 1 saturated carbocycles. The van der Waals surface area contributed by atoms with Crippen LogP contribution in [-0.4, -0.2) is 12.8 Å². The van der Waals surface area contributed by atoms with Gasteiger partial charge in [0.05, 0.1) is 0 Å². The van der Waals surface area contributed by atoms with Crippen LogP contribution in [0.25, 0.3) is 0 Å². The first kappa shape index (κ1) is 5.60. The van der Waals surface area contributed by atoms with Gasteiger partial charge in [-0.1, -0.05) is 5.16 Å². The molecule has 0 saturated heterocycles. The zero-order chi connectivity index (χ0) is 5.82. The highest BCUT2D eigenvalue weighted by molar-refractivity contribution is 5.60. The van der Waals surface area contributed by atoms with Gasteiger partial charge in [0.25, 0.3) is 0 Å². The third kappa shape index (κ3) is 1.96. The molecule has 1 aliphatic carbocycles. The van der Waals surface area contributed by atoms with E-state index in [4.69, 9.17) is 4.84 Å². The van der Waals surface area contributed by atoms with Crippen molar-refractivity contribution in [1.29, 1.82) is 0 Å². The summed E-state index contributed by atoms with van der Waals surface area (Å²) in [7, 11) is 0. The lowest BCUT2D eigenvalue weighted by atomic mass is 10.5. The average Bonchev–Trinajstić information content (AvgIpc) is 2.51. The fourth-order valence-corrected chi connectivity index (χ4v) is 0.486.